The molecule has 2 heterocycles. The van der Waals surface area contributed by atoms with Crippen molar-refractivity contribution in [3.63, 3.8) is 0 Å². The molecule has 0 bridgehead atoms. The molecule has 0 fully saturated rings. The number of aromatic nitrogens is 1. The Bertz CT molecular complexity index is 859. The molecular formula is C18H13NO. The van der Waals surface area contributed by atoms with Gasteiger partial charge in [-0.15, -0.1) is 0 Å². The highest BCUT2D eigenvalue weighted by Crippen LogP contribution is 2.50. The van der Waals surface area contributed by atoms with Crippen LogP contribution in [0.5, 0.6) is 5.75 Å². The lowest BCUT2D eigenvalue weighted by Crippen LogP contribution is -2.12. The Kier molecular flexibility index (Phi) is 1.83. The van der Waals surface area contributed by atoms with Crippen LogP contribution in [0.2, 0.25) is 0 Å². The zero-order chi connectivity index (χ0) is 13.1. The van der Waals surface area contributed by atoms with Crippen molar-refractivity contribution in [2.24, 2.45) is 0 Å². The van der Waals surface area contributed by atoms with E-state index in [1.54, 1.807) is 0 Å². The van der Waals surface area contributed by atoms with Crippen molar-refractivity contribution in [1.29, 1.82) is 0 Å². The number of H-pyrrole nitrogens is 1. The number of nitrogens with one attached hydrogen (secondary N) is 1. The SMILES string of the molecule is C1=CC2c3ccccc3OC2c2[nH]c3ccccc3c21. The fourth-order valence-corrected chi connectivity index (χ4v) is 3.47. The van der Waals surface area contributed by atoms with Gasteiger partial charge in [0.25, 0.3) is 0 Å². The average Bonchev–Trinajstić information content (AvgIpc) is 3.05. The van der Waals surface area contributed by atoms with Crippen LogP contribution < -0.4 is 4.74 Å². The molecule has 20 heavy (non-hydrogen) atoms. The molecule has 0 radical (unpaired) electrons. The Morgan fingerprint density at radius 1 is 0.950 bits per heavy atom. The van der Waals surface area contributed by atoms with Gasteiger partial charge in [-0.3, -0.25) is 0 Å². The molecule has 0 saturated carbocycles. The Morgan fingerprint density at radius 3 is 2.80 bits per heavy atom. The van der Waals surface area contributed by atoms with Crippen LogP contribution in [0.25, 0.3) is 17.0 Å². The highest BCUT2D eigenvalue weighted by molar-refractivity contribution is 5.91. The smallest absolute Gasteiger partial charge is 0.149 e. The zero-order valence-electron chi connectivity index (χ0n) is 10.8. The second-order valence-electron chi connectivity index (χ2n) is 5.46. The second kappa shape index (κ2) is 3.54. The van der Waals surface area contributed by atoms with E-state index in [0.29, 0.717) is 5.92 Å². The fraction of sp³-hybridized carbons (Fsp3) is 0.111. The Balaban J connectivity index is 1.75. The molecule has 1 aliphatic heterocycles. The molecule has 3 aromatic rings. The molecule has 1 N–H and O–H groups in total. The molecule has 0 spiro atoms. The standard InChI is InChI=1S/C18H13NO/c1-3-7-15-11(5-1)13-9-10-14-12-6-2-4-8-16(12)20-18(14)17(13)19-15/h1-10,14,18-19H. The highest BCUT2D eigenvalue weighted by Gasteiger charge is 2.38. The molecule has 2 heteroatoms. The van der Waals surface area contributed by atoms with Gasteiger partial charge >= 0.3 is 0 Å². The van der Waals surface area contributed by atoms with Crippen LogP contribution in [0.15, 0.2) is 54.6 Å². The van der Waals surface area contributed by atoms with E-state index in [-0.39, 0.29) is 6.10 Å². The number of fused-ring (bicyclic) bond motifs is 7. The summed E-state index contributed by atoms with van der Waals surface area (Å²) in [5.74, 6) is 1.34. The summed E-state index contributed by atoms with van der Waals surface area (Å²) in [5.41, 5.74) is 4.95. The molecule has 2 unspecified atom stereocenters. The first-order chi connectivity index (χ1) is 9.92. The topological polar surface area (TPSA) is 25.0 Å². The van der Waals surface area contributed by atoms with Crippen LogP contribution in [0.1, 0.15) is 28.8 Å². The van der Waals surface area contributed by atoms with Gasteiger partial charge in [-0.05, 0) is 12.1 Å². The van der Waals surface area contributed by atoms with Crippen molar-refractivity contribution in [2.45, 2.75) is 12.0 Å². The van der Waals surface area contributed by atoms with Gasteiger partial charge in [-0.2, -0.15) is 0 Å². The van der Waals surface area contributed by atoms with E-state index in [0.717, 1.165) is 5.75 Å². The molecule has 5 rings (SSSR count). The molecular weight excluding hydrogens is 246 g/mol. The van der Waals surface area contributed by atoms with Gasteiger partial charge in [0.1, 0.15) is 11.9 Å². The van der Waals surface area contributed by atoms with E-state index in [1.807, 2.05) is 6.07 Å². The van der Waals surface area contributed by atoms with Crippen LogP contribution >= 0.6 is 0 Å². The number of hydrogen-bond donors (Lipinski definition) is 1. The first-order valence-corrected chi connectivity index (χ1v) is 6.96. The third kappa shape index (κ3) is 1.19. The normalized spacial score (nSPS) is 22.2. The van der Waals surface area contributed by atoms with Crippen molar-refractivity contribution in [1.82, 2.24) is 4.98 Å². The largest absolute Gasteiger partial charge is 0.483 e. The van der Waals surface area contributed by atoms with Crippen LogP contribution in [-0.4, -0.2) is 4.98 Å². The maximum Gasteiger partial charge on any atom is 0.149 e. The molecule has 0 amide bonds. The first kappa shape index (κ1) is 10.3. The van der Waals surface area contributed by atoms with Crippen LogP contribution in [-0.2, 0) is 0 Å². The minimum atomic E-state index is 0.0831. The lowest BCUT2D eigenvalue weighted by Gasteiger charge is -2.20. The number of ether oxygens (including phenoxy) is 1. The number of rotatable bonds is 0. The van der Waals surface area contributed by atoms with Gasteiger partial charge in [0.2, 0.25) is 0 Å². The van der Waals surface area contributed by atoms with Crippen molar-refractivity contribution >= 4 is 17.0 Å². The quantitative estimate of drug-likeness (QED) is 0.635. The van der Waals surface area contributed by atoms with Gasteiger partial charge in [0.05, 0.1) is 5.69 Å². The molecule has 1 aromatic heterocycles. The highest BCUT2D eigenvalue weighted by atomic mass is 16.5. The summed E-state index contributed by atoms with van der Waals surface area (Å²) >= 11 is 0. The number of para-hydroxylation sites is 2. The summed E-state index contributed by atoms with van der Waals surface area (Å²) in [6.45, 7) is 0. The van der Waals surface area contributed by atoms with Gasteiger partial charge < -0.3 is 9.72 Å². The van der Waals surface area contributed by atoms with Gasteiger partial charge in [0.15, 0.2) is 0 Å². The van der Waals surface area contributed by atoms with E-state index in [2.05, 4.69) is 59.6 Å². The van der Waals surface area contributed by atoms with Crippen LogP contribution in [0.3, 0.4) is 0 Å². The van der Waals surface area contributed by atoms with Crippen LogP contribution in [0, 0.1) is 0 Å². The first-order valence-electron chi connectivity index (χ1n) is 6.96. The van der Waals surface area contributed by atoms with E-state index in [4.69, 9.17) is 4.74 Å². The molecule has 2 nitrogen and oxygen atoms in total. The van der Waals surface area contributed by atoms with E-state index in [9.17, 15) is 0 Å². The Hall–Kier alpha value is -2.48. The summed E-state index contributed by atoms with van der Waals surface area (Å²) in [7, 11) is 0. The van der Waals surface area contributed by atoms with Crippen LogP contribution in [0.4, 0.5) is 0 Å². The van der Waals surface area contributed by atoms with Crippen molar-refractivity contribution < 1.29 is 4.74 Å². The zero-order valence-corrected chi connectivity index (χ0v) is 10.8. The lowest BCUT2D eigenvalue weighted by atomic mass is 9.87. The Morgan fingerprint density at radius 2 is 1.80 bits per heavy atom. The molecule has 2 atom stereocenters. The summed E-state index contributed by atoms with van der Waals surface area (Å²) in [6.07, 6.45) is 4.60. The minimum absolute atomic E-state index is 0.0831. The minimum Gasteiger partial charge on any atom is -0.483 e. The molecule has 1 aliphatic carbocycles. The molecule has 96 valence electrons. The predicted molar refractivity (Wildman–Crippen MR) is 79.9 cm³/mol. The number of aromatic amines is 1. The lowest BCUT2D eigenvalue weighted by molar-refractivity contribution is 0.219. The Labute approximate surface area is 116 Å². The molecule has 0 saturated heterocycles. The fourth-order valence-electron chi connectivity index (χ4n) is 3.47. The average molecular weight is 259 g/mol. The van der Waals surface area contributed by atoms with Gasteiger partial charge in [-0.25, -0.2) is 0 Å². The number of benzene rings is 2. The summed E-state index contributed by atoms with van der Waals surface area (Å²) < 4.78 is 6.18. The summed E-state index contributed by atoms with van der Waals surface area (Å²) in [4.78, 5) is 3.55. The monoisotopic (exact) mass is 259 g/mol. The second-order valence-corrected chi connectivity index (χ2v) is 5.46. The van der Waals surface area contributed by atoms with E-state index in [1.165, 1.54) is 27.7 Å². The van der Waals surface area contributed by atoms with Crippen molar-refractivity contribution in [3.8, 4) is 5.75 Å². The van der Waals surface area contributed by atoms with Crippen molar-refractivity contribution in [3.05, 3.63) is 71.4 Å². The van der Waals surface area contributed by atoms with Gasteiger partial charge in [0, 0.05) is 27.9 Å². The number of hydrogen-bond acceptors (Lipinski definition) is 1. The summed E-state index contributed by atoms with van der Waals surface area (Å²) in [6, 6.07) is 16.8. The predicted octanol–water partition coefficient (Wildman–Crippen LogP) is 4.41. The molecule has 2 aliphatic rings. The molecule has 2 aromatic carbocycles. The third-order valence-electron chi connectivity index (χ3n) is 4.39. The maximum atomic E-state index is 6.18. The maximum absolute atomic E-state index is 6.18. The van der Waals surface area contributed by atoms with E-state index < -0.39 is 0 Å². The van der Waals surface area contributed by atoms with Gasteiger partial charge in [-0.1, -0.05) is 48.6 Å². The van der Waals surface area contributed by atoms with E-state index >= 15 is 0 Å². The summed E-state index contributed by atoms with van der Waals surface area (Å²) in [5, 5.41) is 1.27. The van der Waals surface area contributed by atoms with Crippen molar-refractivity contribution in [2.75, 3.05) is 0 Å². The third-order valence-corrected chi connectivity index (χ3v) is 4.39.